The minimum atomic E-state index is -1.05. The number of nitrogens with one attached hydrogen (secondary N) is 4. The molecule has 1 saturated heterocycles. The molecule has 0 saturated carbocycles. The highest BCUT2D eigenvalue weighted by Gasteiger charge is 2.50. The van der Waals surface area contributed by atoms with E-state index in [0.717, 1.165) is 11.1 Å². The summed E-state index contributed by atoms with van der Waals surface area (Å²) in [6.45, 7) is 3.37. The number of imide groups is 1. The molecule has 2 aromatic carbocycles. The Morgan fingerprint density at radius 2 is 1.86 bits per heavy atom. The number of hydrogen-bond donors (Lipinski definition) is 4. The van der Waals surface area contributed by atoms with Crippen molar-refractivity contribution in [1.82, 2.24) is 16.0 Å². The number of anilines is 2. The average molecular weight is 512 g/mol. The van der Waals surface area contributed by atoms with Crippen molar-refractivity contribution >= 4 is 41.0 Å². The maximum Gasteiger partial charge on any atom is 0.322 e. The zero-order chi connectivity index (χ0) is 26.3. The molecule has 0 bridgehead atoms. The number of nitrogens with zero attached hydrogens (tertiary/aromatic N) is 1. The van der Waals surface area contributed by atoms with E-state index < -0.39 is 29.5 Å². The van der Waals surface area contributed by atoms with Crippen molar-refractivity contribution in [2.45, 2.75) is 50.8 Å². The molecular formula is C26H33N5O6. The lowest BCUT2D eigenvalue weighted by Crippen LogP contribution is -2.50. The molecule has 2 unspecified atom stereocenters. The number of amides is 6. The number of urea groups is 1. The summed E-state index contributed by atoms with van der Waals surface area (Å²) in [7, 11) is 0. The number of benzene rings is 2. The van der Waals surface area contributed by atoms with Crippen LogP contribution in [-0.4, -0.2) is 53.9 Å². The van der Waals surface area contributed by atoms with Crippen LogP contribution in [0.5, 0.6) is 5.75 Å². The van der Waals surface area contributed by atoms with Crippen LogP contribution >= 0.6 is 0 Å². The van der Waals surface area contributed by atoms with Crippen molar-refractivity contribution in [3.8, 4) is 5.75 Å². The van der Waals surface area contributed by atoms with Crippen LogP contribution in [0.15, 0.2) is 42.5 Å². The van der Waals surface area contributed by atoms with Crippen molar-refractivity contribution in [2.75, 3.05) is 16.8 Å². The van der Waals surface area contributed by atoms with Gasteiger partial charge in [-0.05, 0) is 49.2 Å². The molecule has 6 amide bonds. The van der Waals surface area contributed by atoms with E-state index in [1.54, 1.807) is 36.4 Å². The Morgan fingerprint density at radius 3 is 2.59 bits per heavy atom. The molecule has 37 heavy (non-hydrogen) atoms. The molecule has 5 rings (SSSR count). The zero-order valence-corrected chi connectivity index (χ0v) is 20.4. The molecule has 198 valence electrons. The van der Waals surface area contributed by atoms with Crippen LogP contribution in [0.1, 0.15) is 35.7 Å². The maximum atomic E-state index is 13.2. The normalized spacial score (nSPS) is 21.8. The summed E-state index contributed by atoms with van der Waals surface area (Å²) >= 11 is 0. The van der Waals surface area contributed by atoms with E-state index in [9.17, 15) is 24.0 Å². The summed E-state index contributed by atoms with van der Waals surface area (Å²) in [5.41, 5.74) is 1.71. The van der Waals surface area contributed by atoms with Gasteiger partial charge in [0.2, 0.25) is 11.8 Å². The standard InChI is InChI=1S/C26H27N5O6.3H2/c1-14(2)27-21(32)10-20-23(34)31(18-5-3-4-6-19(18)37-20)13-22(33)28-17-8-7-15-11-26(12-16(15)9-17)24(35)29-25(36)30-26;;;/h3-9,14,20H,10-13H2,1-2H3,(H,27,32)(H,28,33)(H2,29,30,35,36);3*1H. The highest BCUT2D eigenvalue weighted by atomic mass is 16.5. The van der Waals surface area contributed by atoms with E-state index in [-0.39, 0.29) is 35.1 Å². The van der Waals surface area contributed by atoms with Crippen molar-refractivity contribution in [2.24, 2.45) is 0 Å². The molecule has 2 heterocycles. The third-order valence-electron chi connectivity index (χ3n) is 6.58. The SMILES string of the molecule is CC(C)NC(=O)CC1Oc2ccccc2N(CC(=O)Nc2ccc3c(c2)CC2(C3)NC(=O)NC2=O)C1=O.[HH].[HH].[HH]. The number of rotatable bonds is 6. The fourth-order valence-electron chi connectivity index (χ4n) is 4.99. The molecule has 0 radical (unpaired) electrons. The molecule has 2 aliphatic heterocycles. The molecule has 0 aromatic heterocycles. The van der Waals surface area contributed by atoms with Crippen LogP contribution in [0.25, 0.3) is 0 Å². The molecule has 11 heteroatoms. The summed E-state index contributed by atoms with van der Waals surface area (Å²) in [6, 6.07) is 11.6. The predicted octanol–water partition coefficient (Wildman–Crippen LogP) is 1.75. The maximum absolute atomic E-state index is 13.2. The Kier molecular flexibility index (Phi) is 6.06. The Morgan fingerprint density at radius 1 is 1.11 bits per heavy atom. The second kappa shape index (κ2) is 9.23. The smallest absolute Gasteiger partial charge is 0.322 e. The Labute approximate surface area is 217 Å². The third kappa shape index (κ3) is 4.72. The number of ether oxygens (including phenoxy) is 1. The minimum absolute atomic E-state index is 0. The highest BCUT2D eigenvalue weighted by molar-refractivity contribution is 6.08. The lowest BCUT2D eigenvalue weighted by molar-refractivity contribution is -0.133. The van der Waals surface area contributed by atoms with E-state index in [1.165, 1.54) is 4.90 Å². The third-order valence-corrected chi connectivity index (χ3v) is 6.58. The number of carbonyl (C=O) groups excluding carboxylic acids is 5. The van der Waals surface area contributed by atoms with E-state index in [0.29, 0.717) is 30.0 Å². The van der Waals surface area contributed by atoms with Gasteiger partial charge in [0.15, 0.2) is 6.10 Å². The van der Waals surface area contributed by atoms with Gasteiger partial charge in [0.25, 0.3) is 11.8 Å². The second-order valence-corrected chi connectivity index (χ2v) is 9.80. The van der Waals surface area contributed by atoms with Gasteiger partial charge in [-0.25, -0.2) is 4.79 Å². The minimum Gasteiger partial charge on any atom is -0.478 e. The van der Waals surface area contributed by atoms with Gasteiger partial charge in [0, 0.05) is 28.9 Å². The lowest BCUT2D eigenvalue weighted by Gasteiger charge is -2.33. The molecule has 1 aliphatic carbocycles. The van der Waals surface area contributed by atoms with Crippen molar-refractivity contribution in [3.63, 3.8) is 0 Å². The van der Waals surface area contributed by atoms with Crippen molar-refractivity contribution < 1.29 is 33.0 Å². The van der Waals surface area contributed by atoms with E-state index in [4.69, 9.17) is 4.74 Å². The summed E-state index contributed by atoms with van der Waals surface area (Å²) in [5, 5.41) is 10.6. The number of hydrogen-bond acceptors (Lipinski definition) is 6. The first kappa shape index (κ1) is 24.3. The van der Waals surface area contributed by atoms with Crippen LogP contribution in [-0.2, 0) is 32.0 Å². The number of carbonyl (C=O) groups is 5. The second-order valence-electron chi connectivity index (χ2n) is 9.80. The predicted molar refractivity (Wildman–Crippen MR) is 139 cm³/mol. The Bertz CT molecular complexity index is 1340. The molecule has 11 nitrogen and oxygen atoms in total. The fourth-order valence-corrected chi connectivity index (χ4v) is 4.99. The summed E-state index contributed by atoms with van der Waals surface area (Å²) in [5.74, 6) is -1.18. The molecule has 4 N–H and O–H groups in total. The number of fused-ring (bicyclic) bond motifs is 2. The summed E-state index contributed by atoms with van der Waals surface area (Å²) < 4.78 is 5.79. The van der Waals surface area contributed by atoms with Crippen LogP contribution in [0, 0.1) is 0 Å². The van der Waals surface area contributed by atoms with E-state index >= 15 is 0 Å². The molecule has 2 aromatic rings. The van der Waals surface area contributed by atoms with Crippen LogP contribution < -0.4 is 30.9 Å². The van der Waals surface area contributed by atoms with Crippen molar-refractivity contribution in [3.05, 3.63) is 53.6 Å². The van der Waals surface area contributed by atoms with Gasteiger partial charge in [-0.1, -0.05) is 18.2 Å². The molecule has 1 fully saturated rings. The molecule has 2 atom stereocenters. The Balaban J connectivity index is 0.00000187. The van der Waals surface area contributed by atoms with Gasteiger partial charge in [-0.3, -0.25) is 29.4 Å². The fraction of sp³-hybridized carbons (Fsp3) is 0.346. The van der Waals surface area contributed by atoms with Gasteiger partial charge in [0.1, 0.15) is 17.8 Å². The molecule has 1 spiro atoms. The summed E-state index contributed by atoms with van der Waals surface area (Å²) in [4.78, 5) is 63.8. The van der Waals surface area contributed by atoms with Gasteiger partial charge in [-0.15, -0.1) is 0 Å². The lowest BCUT2D eigenvalue weighted by atomic mass is 9.96. The van der Waals surface area contributed by atoms with E-state index in [2.05, 4.69) is 21.3 Å². The van der Waals surface area contributed by atoms with Crippen LogP contribution in [0.4, 0.5) is 16.2 Å². The molecule has 3 aliphatic rings. The largest absolute Gasteiger partial charge is 0.478 e. The van der Waals surface area contributed by atoms with Crippen LogP contribution in [0.2, 0.25) is 0 Å². The molecular weight excluding hydrogens is 478 g/mol. The first-order valence-electron chi connectivity index (χ1n) is 12.1. The monoisotopic (exact) mass is 511 g/mol. The van der Waals surface area contributed by atoms with E-state index in [1.807, 2.05) is 19.9 Å². The first-order valence-corrected chi connectivity index (χ1v) is 12.1. The van der Waals surface area contributed by atoms with Crippen molar-refractivity contribution in [1.29, 1.82) is 0 Å². The first-order chi connectivity index (χ1) is 17.6. The number of para-hydroxylation sites is 2. The summed E-state index contributed by atoms with van der Waals surface area (Å²) in [6.07, 6.45) is -0.525. The Hall–Kier alpha value is -4.41. The highest BCUT2D eigenvalue weighted by Crippen LogP contribution is 2.35. The van der Waals surface area contributed by atoms with Gasteiger partial charge in [0.05, 0.1) is 12.1 Å². The quantitative estimate of drug-likeness (QED) is 0.435. The average Bonchev–Trinajstić information content (AvgIpc) is 3.32. The zero-order valence-electron chi connectivity index (χ0n) is 20.4. The van der Waals surface area contributed by atoms with Gasteiger partial charge >= 0.3 is 6.03 Å². The van der Waals surface area contributed by atoms with Crippen LogP contribution in [0.3, 0.4) is 0 Å². The van der Waals surface area contributed by atoms with Gasteiger partial charge in [-0.2, -0.15) is 0 Å². The topological polar surface area (TPSA) is 146 Å². The van der Waals surface area contributed by atoms with Gasteiger partial charge < -0.3 is 20.7 Å².